The lowest BCUT2D eigenvalue weighted by molar-refractivity contribution is -0.139. The van der Waals surface area contributed by atoms with Gasteiger partial charge < -0.3 is 19.7 Å². The molecule has 1 amide bonds. The summed E-state index contributed by atoms with van der Waals surface area (Å²) in [6, 6.07) is 5.09. The van der Waals surface area contributed by atoms with Crippen molar-refractivity contribution >= 4 is 41.0 Å². The monoisotopic (exact) mass is 470 g/mol. The molecule has 1 aromatic carbocycles. The van der Waals surface area contributed by atoms with E-state index >= 15 is 0 Å². The maximum Gasteiger partial charge on any atom is 0.336 e. The smallest absolute Gasteiger partial charge is 0.336 e. The summed E-state index contributed by atoms with van der Waals surface area (Å²) in [5.41, 5.74) is 2.30. The number of hydrogen-bond donors (Lipinski definition) is 1. The molecule has 0 aromatic heterocycles. The van der Waals surface area contributed by atoms with E-state index in [1.54, 1.807) is 53.1 Å². The summed E-state index contributed by atoms with van der Waals surface area (Å²) in [7, 11) is 4.74. The highest BCUT2D eigenvalue weighted by atomic mass is 35.5. The molecule has 31 heavy (non-hydrogen) atoms. The molecular formula is C22H28Cl2N2O5. The van der Waals surface area contributed by atoms with Crippen LogP contribution in [-0.2, 0) is 23.9 Å². The van der Waals surface area contributed by atoms with E-state index in [9.17, 15) is 14.4 Å². The number of rotatable bonds is 4. The molecule has 0 radical (unpaired) electrons. The summed E-state index contributed by atoms with van der Waals surface area (Å²) in [5, 5.41) is 3.66. The first kappa shape index (κ1) is 26.5. The number of amides is 1. The summed E-state index contributed by atoms with van der Waals surface area (Å²) in [5.74, 6) is -1.73. The SMILES string of the molecule is CC(=O)N(C)C.CCOC(=O)C1=C(C)NC(C)=C(C(=O)OC)[C@@H]1c1cccc(Cl)c1Cl. The quantitative estimate of drug-likeness (QED) is 0.667. The lowest BCUT2D eigenvalue weighted by Gasteiger charge is -2.30. The fraction of sp³-hybridized carbons (Fsp3) is 0.409. The van der Waals surface area contributed by atoms with E-state index in [1.807, 2.05) is 0 Å². The number of esters is 2. The number of allylic oxidation sites excluding steroid dienone is 2. The Kier molecular flexibility index (Phi) is 10.1. The molecule has 1 aliphatic heterocycles. The van der Waals surface area contributed by atoms with E-state index < -0.39 is 17.9 Å². The highest BCUT2D eigenvalue weighted by Gasteiger charge is 2.38. The molecule has 0 saturated carbocycles. The molecule has 1 aromatic rings. The van der Waals surface area contributed by atoms with Crippen molar-refractivity contribution in [2.75, 3.05) is 27.8 Å². The molecule has 0 bridgehead atoms. The van der Waals surface area contributed by atoms with Crippen molar-refractivity contribution in [1.82, 2.24) is 10.2 Å². The molecule has 0 saturated heterocycles. The number of dihydropyridines is 1. The number of ether oxygens (including phenoxy) is 2. The van der Waals surface area contributed by atoms with Crippen LogP contribution in [0.15, 0.2) is 40.7 Å². The maximum atomic E-state index is 12.6. The number of carbonyl (C=O) groups excluding carboxylic acids is 3. The summed E-state index contributed by atoms with van der Waals surface area (Å²) in [6.07, 6.45) is 0. The van der Waals surface area contributed by atoms with Gasteiger partial charge in [0.2, 0.25) is 5.91 Å². The van der Waals surface area contributed by atoms with E-state index in [0.29, 0.717) is 33.1 Å². The summed E-state index contributed by atoms with van der Waals surface area (Å²) in [6.45, 7) is 6.94. The fourth-order valence-corrected chi connectivity index (χ4v) is 3.33. The van der Waals surface area contributed by atoms with Crippen LogP contribution in [0.2, 0.25) is 10.0 Å². The minimum absolute atomic E-state index is 0.0926. The Morgan fingerprint density at radius 2 is 1.58 bits per heavy atom. The Labute approximate surface area is 193 Å². The van der Waals surface area contributed by atoms with Crippen molar-refractivity contribution < 1.29 is 23.9 Å². The van der Waals surface area contributed by atoms with Crippen LogP contribution >= 0.6 is 23.2 Å². The van der Waals surface area contributed by atoms with Gasteiger partial charge >= 0.3 is 11.9 Å². The number of hydrogen-bond acceptors (Lipinski definition) is 6. The number of halogens is 2. The van der Waals surface area contributed by atoms with Crippen molar-refractivity contribution in [1.29, 1.82) is 0 Å². The van der Waals surface area contributed by atoms with Gasteiger partial charge in [0.15, 0.2) is 0 Å². The van der Waals surface area contributed by atoms with Crippen LogP contribution in [0, 0.1) is 0 Å². The van der Waals surface area contributed by atoms with E-state index in [4.69, 9.17) is 32.7 Å². The third-order valence-corrected chi connectivity index (χ3v) is 5.42. The highest BCUT2D eigenvalue weighted by molar-refractivity contribution is 6.42. The highest BCUT2D eigenvalue weighted by Crippen LogP contribution is 2.43. The van der Waals surface area contributed by atoms with Gasteiger partial charge in [-0.2, -0.15) is 0 Å². The van der Waals surface area contributed by atoms with Crippen LogP contribution in [0.3, 0.4) is 0 Å². The molecule has 7 nitrogen and oxygen atoms in total. The van der Waals surface area contributed by atoms with Gasteiger partial charge in [0.05, 0.1) is 40.8 Å². The maximum absolute atomic E-state index is 12.6. The second kappa shape index (κ2) is 11.8. The zero-order valence-electron chi connectivity index (χ0n) is 18.8. The number of nitrogens with one attached hydrogen (secondary N) is 1. The Bertz CT molecular complexity index is 922. The largest absolute Gasteiger partial charge is 0.466 e. The van der Waals surface area contributed by atoms with Crippen LogP contribution in [0.1, 0.15) is 39.2 Å². The van der Waals surface area contributed by atoms with Gasteiger partial charge in [0.1, 0.15) is 0 Å². The lowest BCUT2D eigenvalue weighted by Crippen LogP contribution is -2.32. The molecule has 1 N–H and O–H groups in total. The van der Waals surface area contributed by atoms with Crippen molar-refractivity contribution in [3.05, 3.63) is 56.3 Å². The van der Waals surface area contributed by atoms with Gasteiger partial charge in [0.25, 0.3) is 0 Å². The summed E-state index contributed by atoms with van der Waals surface area (Å²) < 4.78 is 10.1. The summed E-state index contributed by atoms with van der Waals surface area (Å²) in [4.78, 5) is 36.6. The Hall–Kier alpha value is -2.51. The molecule has 9 heteroatoms. The number of carbonyl (C=O) groups is 3. The predicted octanol–water partition coefficient (Wildman–Crippen LogP) is 4.06. The molecule has 1 atom stereocenters. The first-order valence-corrected chi connectivity index (χ1v) is 10.3. The zero-order chi connectivity index (χ0) is 23.9. The van der Waals surface area contributed by atoms with Gasteiger partial charge in [-0.25, -0.2) is 9.59 Å². The van der Waals surface area contributed by atoms with E-state index in [0.717, 1.165) is 0 Å². The number of nitrogens with zero attached hydrogens (tertiary/aromatic N) is 1. The number of methoxy groups -OCH3 is 1. The Balaban J connectivity index is 0.000000703. The Morgan fingerprint density at radius 1 is 1.06 bits per heavy atom. The van der Waals surface area contributed by atoms with E-state index in [1.165, 1.54) is 18.9 Å². The third-order valence-electron chi connectivity index (χ3n) is 4.58. The molecule has 0 unspecified atom stereocenters. The average Bonchev–Trinajstić information content (AvgIpc) is 2.69. The second-order valence-corrected chi connectivity index (χ2v) is 7.69. The normalized spacial score (nSPS) is 15.5. The van der Waals surface area contributed by atoms with E-state index in [-0.39, 0.29) is 17.5 Å². The van der Waals surface area contributed by atoms with Gasteiger partial charge in [0, 0.05) is 32.4 Å². The predicted molar refractivity (Wildman–Crippen MR) is 121 cm³/mol. The minimum Gasteiger partial charge on any atom is -0.466 e. The van der Waals surface area contributed by atoms with Crippen LogP contribution in [0.5, 0.6) is 0 Å². The first-order chi connectivity index (χ1) is 14.5. The van der Waals surface area contributed by atoms with Crippen LogP contribution in [0.25, 0.3) is 0 Å². The Morgan fingerprint density at radius 3 is 2.03 bits per heavy atom. The van der Waals surface area contributed by atoms with Crippen molar-refractivity contribution in [3.63, 3.8) is 0 Å². The second-order valence-electron chi connectivity index (χ2n) is 6.90. The molecule has 170 valence electrons. The van der Waals surface area contributed by atoms with Crippen molar-refractivity contribution in [2.24, 2.45) is 0 Å². The zero-order valence-corrected chi connectivity index (χ0v) is 20.3. The molecule has 0 spiro atoms. The fourth-order valence-electron chi connectivity index (χ4n) is 2.91. The van der Waals surface area contributed by atoms with Crippen LogP contribution in [0.4, 0.5) is 0 Å². The van der Waals surface area contributed by atoms with Crippen molar-refractivity contribution in [2.45, 2.75) is 33.6 Å². The molecule has 0 aliphatic carbocycles. The first-order valence-electron chi connectivity index (χ1n) is 9.53. The van der Waals surface area contributed by atoms with Gasteiger partial charge in [-0.05, 0) is 32.4 Å². The van der Waals surface area contributed by atoms with Crippen molar-refractivity contribution in [3.8, 4) is 0 Å². The van der Waals surface area contributed by atoms with Crippen LogP contribution in [-0.4, -0.2) is 50.6 Å². The topological polar surface area (TPSA) is 84.9 Å². The third kappa shape index (κ3) is 6.48. The lowest BCUT2D eigenvalue weighted by atomic mass is 9.80. The van der Waals surface area contributed by atoms with E-state index in [2.05, 4.69) is 5.32 Å². The van der Waals surface area contributed by atoms with Gasteiger partial charge in [-0.15, -0.1) is 0 Å². The van der Waals surface area contributed by atoms with Gasteiger partial charge in [-0.1, -0.05) is 35.3 Å². The standard InChI is InChI=1S/C18H19Cl2NO4.C4H9NO/c1-5-25-18(23)14-10(3)21-9(2)13(17(22)24-4)15(14)11-7-6-8-12(19)16(11)20;1-4(6)5(2)3/h6-8,15,21H,5H2,1-4H3;1-3H3/t15-;/m0./s1. The number of benzene rings is 1. The van der Waals surface area contributed by atoms with Gasteiger partial charge in [-0.3, -0.25) is 4.79 Å². The minimum atomic E-state index is -0.737. The summed E-state index contributed by atoms with van der Waals surface area (Å²) >= 11 is 12.5. The molecule has 1 aliphatic rings. The molecule has 1 heterocycles. The molecule has 0 fully saturated rings. The average molecular weight is 471 g/mol. The van der Waals surface area contributed by atoms with Crippen LogP contribution < -0.4 is 5.32 Å². The molecular weight excluding hydrogens is 443 g/mol. The molecule has 2 rings (SSSR count).